The third-order valence-electron chi connectivity index (χ3n) is 3.33. The lowest BCUT2D eigenvalue weighted by Crippen LogP contribution is -2.45. The summed E-state index contributed by atoms with van der Waals surface area (Å²) < 4.78 is 16.9. The lowest BCUT2D eigenvalue weighted by molar-refractivity contribution is -0.890. The number of aliphatic carboxylic acids is 1. The molecule has 0 rings (SSSR count). The third-order valence-corrected chi connectivity index (χ3v) is 6.17. The van der Waals surface area contributed by atoms with E-state index in [0.717, 1.165) is 30.0 Å². The monoisotopic (exact) mass is 294 g/mol. The molecule has 0 bridgehead atoms. The maximum Gasteiger partial charge on any atom is 0.500 e. The van der Waals surface area contributed by atoms with E-state index < -0.39 is 14.8 Å². The first-order valence-corrected chi connectivity index (χ1v) is 8.43. The van der Waals surface area contributed by atoms with E-state index >= 15 is 0 Å². The summed E-state index contributed by atoms with van der Waals surface area (Å²) in [5.74, 6) is -0.732. The van der Waals surface area contributed by atoms with Gasteiger partial charge in [-0.1, -0.05) is 0 Å². The summed E-state index contributed by atoms with van der Waals surface area (Å²) in [7, 11) is 6.60. The van der Waals surface area contributed by atoms with Gasteiger partial charge in [-0.05, 0) is 0 Å². The molecule has 0 atom stereocenters. The molecule has 0 aliphatic heterocycles. The molecule has 0 saturated heterocycles. The molecule has 7 heteroatoms. The lowest BCUT2D eigenvalue weighted by atomic mass is 10.2. The molecule has 0 unspecified atom stereocenters. The second kappa shape index (κ2) is 8.65. The highest BCUT2D eigenvalue weighted by molar-refractivity contribution is 6.60. The van der Waals surface area contributed by atoms with E-state index in [0.29, 0.717) is 6.42 Å². The quantitative estimate of drug-likeness (QED) is 0.458. The predicted molar refractivity (Wildman–Crippen MR) is 74.9 cm³/mol. The van der Waals surface area contributed by atoms with Gasteiger partial charge in [0.1, 0.15) is 0 Å². The van der Waals surface area contributed by atoms with Crippen molar-refractivity contribution in [1.82, 2.24) is 0 Å². The van der Waals surface area contributed by atoms with E-state index in [4.69, 9.17) is 18.4 Å². The van der Waals surface area contributed by atoms with Gasteiger partial charge in [-0.2, -0.15) is 0 Å². The first-order valence-electron chi connectivity index (χ1n) is 6.50. The van der Waals surface area contributed by atoms with Gasteiger partial charge < -0.3 is 22.9 Å². The van der Waals surface area contributed by atoms with Gasteiger partial charge in [0.25, 0.3) is 0 Å². The van der Waals surface area contributed by atoms with Crippen LogP contribution in [0.2, 0.25) is 6.04 Å². The molecule has 0 radical (unpaired) electrons. The molecule has 114 valence electrons. The molecule has 0 aromatic heterocycles. The van der Waals surface area contributed by atoms with Gasteiger partial charge in [0.2, 0.25) is 0 Å². The summed E-state index contributed by atoms with van der Waals surface area (Å²) in [5.41, 5.74) is 0. The van der Waals surface area contributed by atoms with E-state index in [1.54, 1.807) is 21.3 Å². The average molecular weight is 294 g/mol. The third kappa shape index (κ3) is 7.63. The summed E-state index contributed by atoms with van der Waals surface area (Å²) in [5, 5.41) is 8.64. The molecule has 0 amide bonds. The summed E-state index contributed by atoms with van der Waals surface area (Å²) in [6.45, 7) is 1.80. The highest BCUT2D eigenvalue weighted by Crippen LogP contribution is 2.16. The van der Waals surface area contributed by atoms with Gasteiger partial charge in [0.15, 0.2) is 0 Å². The van der Waals surface area contributed by atoms with Gasteiger partial charge in [-0.3, -0.25) is 4.79 Å². The molecular formula is C12H28NO5Si+. The van der Waals surface area contributed by atoms with Gasteiger partial charge >= 0.3 is 14.8 Å². The number of hydrogen-bond donors (Lipinski definition) is 1. The van der Waals surface area contributed by atoms with Gasteiger partial charge in [-0.15, -0.1) is 0 Å². The molecular weight excluding hydrogens is 266 g/mol. The molecule has 19 heavy (non-hydrogen) atoms. The molecule has 0 aromatic carbocycles. The van der Waals surface area contributed by atoms with Crippen LogP contribution in [0, 0.1) is 0 Å². The van der Waals surface area contributed by atoms with Crippen LogP contribution < -0.4 is 0 Å². The topological polar surface area (TPSA) is 65.0 Å². The van der Waals surface area contributed by atoms with Crippen molar-refractivity contribution in [2.75, 3.05) is 48.5 Å². The van der Waals surface area contributed by atoms with E-state index in [1.165, 1.54) is 0 Å². The number of carboxylic acid groups (broad SMARTS) is 1. The Morgan fingerprint density at radius 2 is 1.53 bits per heavy atom. The Morgan fingerprint density at radius 3 is 1.95 bits per heavy atom. The Morgan fingerprint density at radius 1 is 1.05 bits per heavy atom. The second-order valence-corrected chi connectivity index (χ2v) is 8.37. The molecule has 0 fully saturated rings. The minimum atomic E-state index is -2.47. The van der Waals surface area contributed by atoms with Crippen molar-refractivity contribution in [2.24, 2.45) is 0 Å². The van der Waals surface area contributed by atoms with Crippen molar-refractivity contribution in [3.05, 3.63) is 0 Å². The number of hydrogen-bond acceptors (Lipinski definition) is 4. The number of carbonyl (C=O) groups is 1. The average Bonchev–Trinajstić information content (AvgIpc) is 2.34. The van der Waals surface area contributed by atoms with E-state index in [1.807, 2.05) is 0 Å². The van der Waals surface area contributed by atoms with E-state index in [-0.39, 0.29) is 6.42 Å². The van der Waals surface area contributed by atoms with Crippen LogP contribution in [-0.4, -0.2) is 72.9 Å². The van der Waals surface area contributed by atoms with Crippen LogP contribution in [-0.2, 0) is 18.1 Å². The summed E-state index contributed by atoms with van der Waals surface area (Å²) in [4.78, 5) is 10.5. The fraction of sp³-hybridized carbons (Fsp3) is 0.917. The lowest BCUT2D eigenvalue weighted by Gasteiger charge is -2.31. The second-order valence-electron chi connectivity index (χ2n) is 5.28. The zero-order valence-corrected chi connectivity index (χ0v) is 13.8. The van der Waals surface area contributed by atoms with Crippen LogP contribution in [0.4, 0.5) is 0 Å². The Hall–Kier alpha value is -0.473. The first-order chi connectivity index (χ1) is 8.81. The molecule has 1 N–H and O–H groups in total. The molecule has 0 saturated carbocycles. The largest absolute Gasteiger partial charge is 0.500 e. The maximum absolute atomic E-state index is 10.5. The smallest absolute Gasteiger partial charge is 0.481 e. The molecule has 6 nitrogen and oxygen atoms in total. The summed E-state index contributed by atoms with van der Waals surface area (Å²) in [6, 6.07) is 0.775. The zero-order valence-electron chi connectivity index (χ0n) is 12.8. The van der Waals surface area contributed by atoms with Crippen molar-refractivity contribution in [1.29, 1.82) is 0 Å². The Bertz CT molecular complexity index is 261. The molecule has 0 aromatic rings. The van der Waals surface area contributed by atoms with Crippen molar-refractivity contribution in [3.8, 4) is 0 Å². The molecule has 0 heterocycles. The molecule has 0 aliphatic rings. The normalized spacial score (nSPS) is 12.7. The Balaban J connectivity index is 4.05. The van der Waals surface area contributed by atoms with Crippen LogP contribution in [0.25, 0.3) is 0 Å². The van der Waals surface area contributed by atoms with Crippen molar-refractivity contribution >= 4 is 14.8 Å². The van der Waals surface area contributed by atoms with Crippen LogP contribution in [0.1, 0.15) is 19.3 Å². The minimum absolute atomic E-state index is 0.231. The van der Waals surface area contributed by atoms with Crippen molar-refractivity contribution < 1.29 is 27.7 Å². The maximum atomic E-state index is 10.5. The standard InChI is InChI=1S/C12H27NO5Si/c1-13(2,9-6-8-12(14)15)10-7-11-19(16-3,17-4)18-5/h6-11H2,1-5H3/p+1. The van der Waals surface area contributed by atoms with Crippen molar-refractivity contribution in [2.45, 2.75) is 25.3 Å². The van der Waals surface area contributed by atoms with Crippen LogP contribution >= 0.6 is 0 Å². The SMILES string of the molecule is CO[Si](CCC[N+](C)(C)CCCC(=O)O)(OC)OC. The Kier molecular flexibility index (Phi) is 8.43. The van der Waals surface area contributed by atoms with Crippen LogP contribution in [0.5, 0.6) is 0 Å². The van der Waals surface area contributed by atoms with Crippen LogP contribution in [0.15, 0.2) is 0 Å². The minimum Gasteiger partial charge on any atom is -0.481 e. The highest BCUT2D eigenvalue weighted by Gasteiger charge is 2.37. The summed E-state index contributed by atoms with van der Waals surface area (Å²) >= 11 is 0. The predicted octanol–water partition coefficient (Wildman–Crippen LogP) is 1.20. The number of rotatable bonds is 11. The molecule has 0 spiro atoms. The fourth-order valence-corrected chi connectivity index (χ4v) is 3.75. The number of carboxylic acids is 1. The summed E-state index contributed by atoms with van der Waals surface area (Å²) in [6.07, 6.45) is 1.86. The molecule has 0 aliphatic carbocycles. The van der Waals surface area contributed by atoms with Crippen LogP contribution in [0.3, 0.4) is 0 Å². The van der Waals surface area contributed by atoms with Gasteiger partial charge in [-0.25, -0.2) is 0 Å². The van der Waals surface area contributed by atoms with Gasteiger partial charge in [0, 0.05) is 40.2 Å². The number of nitrogens with zero attached hydrogens (tertiary/aromatic N) is 1. The van der Waals surface area contributed by atoms with Crippen molar-refractivity contribution in [3.63, 3.8) is 0 Å². The Labute approximate surface area is 117 Å². The number of quaternary nitrogens is 1. The fourth-order valence-electron chi connectivity index (χ4n) is 2.05. The first kappa shape index (κ1) is 18.5. The van der Waals surface area contributed by atoms with E-state index in [2.05, 4.69) is 14.1 Å². The van der Waals surface area contributed by atoms with E-state index in [9.17, 15) is 4.79 Å². The highest BCUT2D eigenvalue weighted by atomic mass is 28.4. The zero-order chi connectivity index (χ0) is 14.9. The van der Waals surface area contributed by atoms with Gasteiger partial charge in [0.05, 0.1) is 33.6 Å².